The Morgan fingerprint density at radius 3 is 2.67 bits per heavy atom. The van der Waals surface area contributed by atoms with Gasteiger partial charge in [-0.25, -0.2) is 4.79 Å². The van der Waals surface area contributed by atoms with Gasteiger partial charge in [0.25, 0.3) is 0 Å². The van der Waals surface area contributed by atoms with Crippen LogP contribution >= 0.6 is 0 Å². The highest BCUT2D eigenvalue weighted by molar-refractivity contribution is 6.01. The quantitative estimate of drug-likeness (QED) is 0.362. The first kappa shape index (κ1) is 15.9. The maximum absolute atomic E-state index is 12.4. The van der Waals surface area contributed by atoms with E-state index in [1.807, 2.05) is 12.1 Å². The molecule has 2 aromatic rings. The lowest BCUT2D eigenvalue weighted by Gasteiger charge is -2.12. The van der Waals surface area contributed by atoms with E-state index in [2.05, 4.69) is 0 Å². The standard InChI is InChI=1S/C17H15NO6/c1-10(23-17(20)14-7-8-15(24-14)18(21)22)16(19)13-6-5-11-3-2-4-12(11)9-13/h5-10H,2-4H2,1H3. The van der Waals surface area contributed by atoms with E-state index >= 15 is 0 Å². The van der Waals surface area contributed by atoms with Crippen molar-refractivity contribution in [3.05, 3.63) is 62.9 Å². The smallest absolute Gasteiger partial charge is 0.433 e. The fraction of sp³-hybridized carbons (Fsp3) is 0.294. The molecule has 1 unspecified atom stereocenters. The number of hydrogen-bond acceptors (Lipinski definition) is 6. The van der Waals surface area contributed by atoms with E-state index < -0.39 is 22.9 Å². The number of carbonyl (C=O) groups excluding carboxylic acids is 2. The summed E-state index contributed by atoms with van der Waals surface area (Å²) in [5.74, 6) is -2.10. The maximum atomic E-state index is 12.4. The fourth-order valence-corrected chi connectivity index (χ4v) is 2.77. The molecule has 1 aromatic heterocycles. The van der Waals surface area contributed by atoms with Gasteiger partial charge in [0.15, 0.2) is 6.10 Å². The number of fused-ring (bicyclic) bond motifs is 1. The predicted octanol–water partition coefficient (Wildman–Crippen LogP) is 3.10. The Kier molecular flexibility index (Phi) is 4.16. The number of nitrogens with zero attached hydrogens (tertiary/aromatic N) is 1. The summed E-state index contributed by atoms with van der Waals surface area (Å²) in [5.41, 5.74) is 2.89. The monoisotopic (exact) mass is 329 g/mol. The number of furan rings is 1. The van der Waals surface area contributed by atoms with E-state index in [4.69, 9.17) is 9.15 Å². The second-order valence-electron chi connectivity index (χ2n) is 5.64. The number of aryl methyl sites for hydroxylation is 2. The van der Waals surface area contributed by atoms with Gasteiger partial charge in [-0.1, -0.05) is 12.1 Å². The second kappa shape index (κ2) is 6.27. The first-order chi connectivity index (χ1) is 11.5. The Bertz CT molecular complexity index is 822. The molecule has 0 amide bonds. The van der Waals surface area contributed by atoms with Gasteiger partial charge in [0.1, 0.15) is 4.92 Å². The lowest BCUT2D eigenvalue weighted by Crippen LogP contribution is -2.24. The molecule has 1 heterocycles. The van der Waals surface area contributed by atoms with Crippen molar-refractivity contribution in [2.75, 3.05) is 0 Å². The van der Waals surface area contributed by atoms with Gasteiger partial charge in [-0.05, 0) is 49.4 Å². The number of benzene rings is 1. The zero-order chi connectivity index (χ0) is 17.3. The molecule has 3 rings (SSSR count). The van der Waals surface area contributed by atoms with Crippen molar-refractivity contribution in [1.82, 2.24) is 0 Å². The van der Waals surface area contributed by atoms with Crippen LogP contribution in [0, 0.1) is 10.1 Å². The Hall–Kier alpha value is -2.96. The minimum absolute atomic E-state index is 0.310. The Morgan fingerprint density at radius 1 is 1.21 bits per heavy atom. The van der Waals surface area contributed by atoms with Crippen molar-refractivity contribution in [1.29, 1.82) is 0 Å². The third kappa shape index (κ3) is 3.05. The minimum atomic E-state index is -1.01. The Balaban J connectivity index is 1.69. The van der Waals surface area contributed by atoms with E-state index in [9.17, 15) is 19.7 Å². The van der Waals surface area contributed by atoms with Crippen molar-refractivity contribution < 1.29 is 23.7 Å². The number of hydrogen-bond donors (Lipinski definition) is 0. The van der Waals surface area contributed by atoms with Crippen LogP contribution in [0.15, 0.2) is 34.7 Å². The molecule has 0 bridgehead atoms. The summed E-state index contributed by atoms with van der Waals surface area (Å²) >= 11 is 0. The van der Waals surface area contributed by atoms with E-state index in [1.165, 1.54) is 12.5 Å². The van der Waals surface area contributed by atoms with Crippen LogP contribution in [0.25, 0.3) is 0 Å². The molecule has 1 aliphatic rings. The third-order valence-electron chi connectivity index (χ3n) is 4.01. The highest BCUT2D eigenvalue weighted by Crippen LogP contribution is 2.24. The summed E-state index contributed by atoms with van der Waals surface area (Å²) in [6, 6.07) is 7.71. The van der Waals surface area contributed by atoms with Crippen molar-refractivity contribution >= 4 is 17.6 Å². The van der Waals surface area contributed by atoms with Crippen LogP contribution in [0.2, 0.25) is 0 Å². The van der Waals surface area contributed by atoms with Crippen LogP contribution in [0.3, 0.4) is 0 Å². The number of carbonyl (C=O) groups is 2. The molecule has 7 heteroatoms. The lowest BCUT2D eigenvalue weighted by atomic mass is 10.0. The molecule has 0 aliphatic heterocycles. The fourth-order valence-electron chi connectivity index (χ4n) is 2.77. The van der Waals surface area contributed by atoms with Crippen LogP contribution in [-0.2, 0) is 17.6 Å². The van der Waals surface area contributed by atoms with Crippen LogP contribution in [0.4, 0.5) is 5.88 Å². The van der Waals surface area contributed by atoms with Gasteiger partial charge >= 0.3 is 11.9 Å². The number of esters is 1. The molecular weight excluding hydrogens is 314 g/mol. The molecule has 124 valence electrons. The molecule has 1 atom stereocenters. The highest BCUT2D eigenvalue weighted by atomic mass is 16.7. The van der Waals surface area contributed by atoms with Gasteiger partial charge < -0.3 is 9.15 Å². The lowest BCUT2D eigenvalue weighted by molar-refractivity contribution is -0.402. The predicted molar refractivity (Wildman–Crippen MR) is 83.0 cm³/mol. The molecule has 0 saturated heterocycles. The molecule has 0 radical (unpaired) electrons. The normalized spacial score (nSPS) is 14.0. The SMILES string of the molecule is CC(OC(=O)c1ccc([N+](=O)[O-])o1)C(=O)c1ccc2c(c1)CCC2. The molecule has 1 aliphatic carbocycles. The van der Waals surface area contributed by atoms with E-state index in [1.54, 1.807) is 6.07 Å². The van der Waals surface area contributed by atoms with Crippen LogP contribution in [0.5, 0.6) is 0 Å². The molecule has 0 saturated carbocycles. The highest BCUT2D eigenvalue weighted by Gasteiger charge is 2.25. The molecule has 1 aromatic carbocycles. The summed E-state index contributed by atoms with van der Waals surface area (Å²) in [6.07, 6.45) is 2.03. The summed E-state index contributed by atoms with van der Waals surface area (Å²) in [7, 11) is 0. The summed E-state index contributed by atoms with van der Waals surface area (Å²) in [4.78, 5) is 34.1. The number of Topliss-reactive ketones (excluding diaryl/α,β-unsaturated/α-hetero) is 1. The van der Waals surface area contributed by atoms with Crippen LogP contribution < -0.4 is 0 Å². The number of ketones is 1. The summed E-state index contributed by atoms with van der Waals surface area (Å²) < 4.78 is 9.83. The van der Waals surface area contributed by atoms with Crippen molar-refractivity contribution in [2.24, 2.45) is 0 Å². The summed E-state index contributed by atoms with van der Waals surface area (Å²) in [5, 5.41) is 10.6. The van der Waals surface area contributed by atoms with Gasteiger partial charge in [0, 0.05) is 5.56 Å². The van der Waals surface area contributed by atoms with E-state index in [-0.39, 0.29) is 11.5 Å². The van der Waals surface area contributed by atoms with Crippen LogP contribution in [-0.4, -0.2) is 22.8 Å². The first-order valence-electron chi connectivity index (χ1n) is 7.57. The van der Waals surface area contributed by atoms with E-state index in [0.29, 0.717) is 5.56 Å². The topological polar surface area (TPSA) is 99.7 Å². The molecule has 0 N–H and O–H groups in total. The van der Waals surface area contributed by atoms with Gasteiger partial charge in [-0.2, -0.15) is 0 Å². The van der Waals surface area contributed by atoms with Gasteiger partial charge in [0.05, 0.1) is 6.07 Å². The zero-order valence-corrected chi connectivity index (χ0v) is 13.0. The minimum Gasteiger partial charge on any atom is -0.448 e. The van der Waals surface area contributed by atoms with Gasteiger partial charge in [0.2, 0.25) is 11.5 Å². The molecule has 24 heavy (non-hydrogen) atoms. The molecule has 0 fully saturated rings. The average Bonchev–Trinajstić information content (AvgIpc) is 3.22. The van der Waals surface area contributed by atoms with E-state index in [0.717, 1.165) is 37.0 Å². The molecule has 7 nitrogen and oxygen atoms in total. The number of nitro groups is 1. The van der Waals surface area contributed by atoms with Crippen molar-refractivity contribution in [3.63, 3.8) is 0 Å². The Morgan fingerprint density at radius 2 is 1.96 bits per heavy atom. The first-order valence-corrected chi connectivity index (χ1v) is 7.57. The largest absolute Gasteiger partial charge is 0.448 e. The van der Waals surface area contributed by atoms with Crippen molar-refractivity contribution in [2.45, 2.75) is 32.3 Å². The third-order valence-corrected chi connectivity index (χ3v) is 4.01. The zero-order valence-electron chi connectivity index (χ0n) is 13.0. The van der Waals surface area contributed by atoms with Gasteiger partial charge in [-0.3, -0.25) is 14.9 Å². The van der Waals surface area contributed by atoms with Crippen LogP contribution in [0.1, 0.15) is 45.4 Å². The molecular formula is C17H15NO6. The van der Waals surface area contributed by atoms with Crippen molar-refractivity contribution in [3.8, 4) is 0 Å². The summed E-state index contributed by atoms with van der Waals surface area (Å²) in [6.45, 7) is 1.46. The number of rotatable bonds is 5. The maximum Gasteiger partial charge on any atom is 0.433 e. The second-order valence-corrected chi connectivity index (χ2v) is 5.64. The number of ether oxygens (including phenoxy) is 1. The molecule has 0 spiro atoms. The Labute approximate surface area is 137 Å². The average molecular weight is 329 g/mol. The van der Waals surface area contributed by atoms with Gasteiger partial charge in [-0.15, -0.1) is 0 Å².